The number of aromatic nitrogens is 1. The van der Waals surface area contributed by atoms with Crippen molar-refractivity contribution < 1.29 is 19.1 Å². The molecule has 1 N–H and O–H groups in total. The quantitative estimate of drug-likeness (QED) is 0.235. The van der Waals surface area contributed by atoms with Crippen molar-refractivity contribution in [3.63, 3.8) is 0 Å². The van der Waals surface area contributed by atoms with E-state index in [2.05, 4.69) is 10.3 Å². The molecule has 0 aliphatic carbocycles. The van der Waals surface area contributed by atoms with E-state index in [0.717, 1.165) is 11.3 Å². The zero-order valence-corrected chi connectivity index (χ0v) is 16.3. The largest absolute Gasteiger partial charge is 0.497 e. The Hall–Kier alpha value is -2.57. The Bertz CT molecular complexity index is 851. The molecule has 0 bridgehead atoms. The summed E-state index contributed by atoms with van der Waals surface area (Å²) in [5.74, 6) is -0.718. The van der Waals surface area contributed by atoms with E-state index >= 15 is 0 Å². The van der Waals surface area contributed by atoms with Gasteiger partial charge in [-0.15, -0.1) is 0 Å². The van der Waals surface area contributed by atoms with Gasteiger partial charge in [-0.2, -0.15) is 0 Å². The van der Waals surface area contributed by atoms with Crippen LogP contribution in [0.1, 0.15) is 23.0 Å². The van der Waals surface area contributed by atoms with Gasteiger partial charge in [0.1, 0.15) is 17.0 Å². The lowest BCUT2D eigenvalue weighted by atomic mass is 10.1. The predicted molar refractivity (Wildman–Crippen MR) is 103 cm³/mol. The Balaban J connectivity index is 2.22. The van der Waals surface area contributed by atoms with Crippen molar-refractivity contribution in [2.24, 2.45) is 0 Å². The molecular weight excluding hydrogens is 391 g/mol. The van der Waals surface area contributed by atoms with E-state index in [-0.39, 0.29) is 27.9 Å². The first-order valence-electron chi connectivity index (χ1n) is 8.06. The lowest BCUT2D eigenvalue weighted by molar-refractivity contribution is -0.138. The van der Waals surface area contributed by atoms with Crippen molar-refractivity contribution in [1.29, 1.82) is 0 Å². The van der Waals surface area contributed by atoms with Gasteiger partial charge >= 0.3 is 5.97 Å². The Labute approximate surface area is 167 Å². The SMILES string of the molecule is CCOC(=O)/C(=C/NCc1ccc(OC)cc1)C(=O)c1nccc(Cl)c1Cl. The van der Waals surface area contributed by atoms with Crippen LogP contribution in [0.15, 0.2) is 48.3 Å². The van der Waals surface area contributed by atoms with Crippen LogP contribution in [0.5, 0.6) is 5.75 Å². The van der Waals surface area contributed by atoms with E-state index in [9.17, 15) is 9.59 Å². The molecule has 8 heteroatoms. The first kappa shape index (κ1) is 20.7. The lowest BCUT2D eigenvalue weighted by Gasteiger charge is -2.09. The molecule has 0 amide bonds. The van der Waals surface area contributed by atoms with Gasteiger partial charge in [-0.1, -0.05) is 35.3 Å². The van der Waals surface area contributed by atoms with Gasteiger partial charge in [0.2, 0.25) is 5.78 Å². The maximum atomic E-state index is 12.7. The van der Waals surface area contributed by atoms with Crippen LogP contribution in [-0.4, -0.2) is 30.5 Å². The van der Waals surface area contributed by atoms with Crippen LogP contribution in [-0.2, 0) is 16.1 Å². The monoisotopic (exact) mass is 408 g/mol. The molecule has 2 rings (SSSR count). The van der Waals surface area contributed by atoms with E-state index in [1.807, 2.05) is 24.3 Å². The molecule has 1 aromatic carbocycles. The average molecular weight is 409 g/mol. The van der Waals surface area contributed by atoms with Crippen molar-refractivity contribution in [2.45, 2.75) is 13.5 Å². The summed E-state index contributed by atoms with van der Waals surface area (Å²) in [6.07, 6.45) is 2.64. The number of benzene rings is 1. The number of methoxy groups -OCH3 is 1. The first-order valence-corrected chi connectivity index (χ1v) is 8.81. The minimum Gasteiger partial charge on any atom is -0.497 e. The number of ketones is 1. The summed E-state index contributed by atoms with van der Waals surface area (Å²) in [4.78, 5) is 28.9. The maximum Gasteiger partial charge on any atom is 0.343 e. The normalized spacial score (nSPS) is 11.0. The lowest BCUT2D eigenvalue weighted by Crippen LogP contribution is -2.20. The second kappa shape index (κ2) is 9.94. The van der Waals surface area contributed by atoms with Crippen LogP contribution in [0.2, 0.25) is 10.0 Å². The third-order valence-corrected chi connectivity index (χ3v) is 4.30. The molecule has 6 nitrogen and oxygen atoms in total. The third-order valence-electron chi connectivity index (χ3n) is 3.51. The molecule has 0 saturated heterocycles. The van der Waals surface area contributed by atoms with E-state index in [1.165, 1.54) is 18.5 Å². The van der Waals surface area contributed by atoms with E-state index in [1.54, 1.807) is 14.0 Å². The zero-order chi connectivity index (χ0) is 19.8. The second-order valence-corrected chi connectivity index (χ2v) is 6.08. The van der Waals surface area contributed by atoms with Crippen molar-refractivity contribution in [1.82, 2.24) is 10.3 Å². The highest BCUT2D eigenvalue weighted by Crippen LogP contribution is 2.25. The number of nitrogens with one attached hydrogen (secondary N) is 1. The molecule has 0 radical (unpaired) electrons. The van der Waals surface area contributed by atoms with Crippen LogP contribution < -0.4 is 10.1 Å². The fourth-order valence-electron chi connectivity index (χ4n) is 2.15. The maximum absolute atomic E-state index is 12.7. The number of hydrogen-bond donors (Lipinski definition) is 1. The van der Waals surface area contributed by atoms with Crippen LogP contribution in [0, 0.1) is 0 Å². The van der Waals surface area contributed by atoms with Crippen LogP contribution in [0.25, 0.3) is 0 Å². The summed E-state index contributed by atoms with van der Waals surface area (Å²) in [6, 6.07) is 8.81. The molecular formula is C19H18Cl2N2O4. The number of hydrogen-bond acceptors (Lipinski definition) is 6. The Morgan fingerprint density at radius 3 is 2.52 bits per heavy atom. The highest BCUT2D eigenvalue weighted by molar-refractivity contribution is 6.44. The highest BCUT2D eigenvalue weighted by Gasteiger charge is 2.25. The summed E-state index contributed by atoms with van der Waals surface area (Å²) in [5.41, 5.74) is 0.596. The fraction of sp³-hybridized carbons (Fsp3) is 0.211. The van der Waals surface area contributed by atoms with Crippen LogP contribution >= 0.6 is 23.2 Å². The molecule has 27 heavy (non-hydrogen) atoms. The van der Waals surface area contributed by atoms with Gasteiger partial charge in [0, 0.05) is 18.9 Å². The molecule has 0 aliphatic rings. The number of rotatable bonds is 8. The number of carbonyl (C=O) groups excluding carboxylic acids is 2. The Morgan fingerprint density at radius 1 is 1.19 bits per heavy atom. The van der Waals surface area contributed by atoms with Crippen molar-refractivity contribution in [3.8, 4) is 5.75 Å². The Morgan fingerprint density at radius 2 is 1.89 bits per heavy atom. The third kappa shape index (κ3) is 5.45. The molecule has 0 fully saturated rings. The molecule has 0 atom stereocenters. The van der Waals surface area contributed by atoms with Crippen molar-refractivity contribution in [2.75, 3.05) is 13.7 Å². The smallest absolute Gasteiger partial charge is 0.343 e. The summed E-state index contributed by atoms with van der Waals surface area (Å²) in [6.45, 7) is 2.16. The molecule has 1 aromatic heterocycles. The van der Waals surface area contributed by atoms with Crippen molar-refractivity contribution >= 4 is 35.0 Å². The molecule has 0 unspecified atom stereocenters. The van der Waals surface area contributed by atoms with Gasteiger partial charge < -0.3 is 14.8 Å². The number of nitrogens with zero attached hydrogens (tertiary/aromatic N) is 1. The van der Waals surface area contributed by atoms with Gasteiger partial charge in [-0.3, -0.25) is 9.78 Å². The Kier molecular flexibility index (Phi) is 7.64. The molecule has 0 saturated carbocycles. The fourth-order valence-corrected chi connectivity index (χ4v) is 2.49. The van der Waals surface area contributed by atoms with E-state index in [4.69, 9.17) is 32.7 Å². The van der Waals surface area contributed by atoms with Gasteiger partial charge in [-0.25, -0.2) is 4.79 Å². The second-order valence-electron chi connectivity index (χ2n) is 5.29. The first-order chi connectivity index (χ1) is 13.0. The molecule has 2 aromatic rings. The van der Waals surface area contributed by atoms with E-state index in [0.29, 0.717) is 6.54 Å². The summed E-state index contributed by atoms with van der Waals surface area (Å²) >= 11 is 12.0. The number of halogens is 2. The van der Waals surface area contributed by atoms with Crippen molar-refractivity contribution in [3.05, 3.63) is 69.6 Å². The highest BCUT2D eigenvalue weighted by atomic mass is 35.5. The average Bonchev–Trinajstić information content (AvgIpc) is 2.67. The van der Waals surface area contributed by atoms with Gasteiger partial charge in [-0.05, 0) is 30.7 Å². The zero-order valence-electron chi connectivity index (χ0n) is 14.8. The minimum absolute atomic E-state index is 0.0190. The van der Waals surface area contributed by atoms with Crippen LogP contribution in [0.3, 0.4) is 0 Å². The number of esters is 1. The topological polar surface area (TPSA) is 77.5 Å². The minimum atomic E-state index is -0.775. The summed E-state index contributed by atoms with van der Waals surface area (Å²) in [7, 11) is 1.59. The number of carbonyl (C=O) groups is 2. The molecule has 1 heterocycles. The number of ether oxygens (including phenoxy) is 2. The van der Waals surface area contributed by atoms with Gasteiger partial charge in [0.25, 0.3) is 0 Å². The summed E-state index contributed by atoms with van der Waals surface area (Å²) < 4.78 is 10.1. The van der Waals surface area contributed by atoms with Crippen LogP contribution in [0.4, 0.5) is 0 Å². The molecule has 0 spiro atoms. The van der Waals surface area contributed by atoms with Gasteiger partial charge in [0.15, 0.2) is 0 Å². The van der Waals surface area contributed by atoms with Gasteiger partial charge in [0.05, 0.1) is 23.8 Å². The summed E-state index contributed by atoms with van der Waals surface area (Å²) in [5, 5.41) is 3.09. The number of pyridine rings is 1. The van der Waals surface area contributed by atoms with E-state index < -0.39 is 11.8 Å². The predicted octanol–water partition coefficient (Wildman–Crippen LogP) is 3.82. The molecule has 0 aliphatic heterocycles. The standard InChI is InChI=1S/C19H18Cl2N2O4/c1-3-27-19(25)14(18(24)17-16(21)15(20)8-9-23-17)11-22-10-12-4-6-13(26-2)7-5-12/h4-9,11,22H,3,10H2,1-2H3/b14-11+. The molecule has 142 valence electrons. The number of Topliss-reactive ketones (excluding diaryl/α,β-unsaturated/α-hetero) is 1.